The minimum absolute atomic E-state index is 0.0894. The van der Waals surface area contributed by atoms with Gasteiger partial charge in [0.2, 0.25) is 6.79 Å². The van der Waals surface area contributed by atoms with Crippen molar-refractivity contribution >= 4 is 11.5 Å². The van der Waals surface area contributed by atoms with Gasteiger partial charge >= 0.3 is 6.18 Å². The smallest absolute Gasteiger partial charge is 0.395 e. The first-order valence-corrected chi connectivity index (χ1v) is 11.3. The number of halogens is 3. The Morgan fingerprint density at radius 2 is 1.71 bits per heavy atom. The summed E-state index contributed by atoms with van der Waals surface area (Å²) >= 11 is 0. The molecule has 1 aromatic rings. The van der Waals surface area contributed by atoms with Crippen molar-refractivity contribution in [2.24, 2.45) is 11.8 Å². The normalized spacial score (nSPS) is 24.4. The van der Waals surface area contributed by atoms with Gasteiger partial charge in [-0.15, -0.1) is 0 Å². The van der Waals surface area contributed by atoms with Gasteiger partial charge in [-0.1, -0.05) is 18.9 Å². The number of hydrogen-bond donors (Lipinski definition) is 0. The summed E-state index contributed by atoms with van der Waals surface area (Å²) in [6.07, 6.45) is -0.627. The highest BCUT2D eigenvalue weighted by atomic mass is 19.4. The molecule has 0 amide bonds. The van der Waals surface area contributed by atoms with Gasteiger partial charge in [0.1, 0.15) is 12.2 Å². The molecule has 0 aromatic heterocycles. The van der Waals surface area contributed by atoms with Crippen LogP contribution in [0, 0.1) is 11.8 Å². The SMILES string of the molecule is O=C(CC1CCC(CCN2CCN(c3cccc4c3OCO4)CC2)CC1)CC(F)(F)F. The van der Waals surface area contributed by atoms with E-state index in [0.717, 1.165) is 82.0 Å². The van der Waals surface area contributed by atoms with Crippen molar-refractivity contribution in [2.45, 2.75) is 51.1 Å². The summed E-state index contributed by atoms with van der Waals surface area (Å²) in [6.45, 7) is 5.26. The fourth-order valence-corrected chi connectivity index (χ4v) is 5.08. The molecule has 1 aliphatic carbocycles. The van der Waals surface area contributed by atoms with Crippen molar-refractivity contribution in [3.05, 3.63) is 18.2 Å². The van der Waals surface area contributed by atoms with Crippen LogP contribution in [0.2, 0.25) is 0 Å². The molecule has 1 aromatic carbocycles. The molecule has 2 fully saturated rings. The Hall–Kier alpha value is -1.96. The highest BCUT2D eigenvalue weighted by molar-refractivity contribution is 5.79. The molecule has 0 spiro atoms. The van der Waals surface area contributed by atoms with Gasteiger partial charge in [-0.05, 0) is 49.8 Å². The van der Waals surface area contributed by atoms with Crippen molar-refractivity contribution in [1.82, 2.24) is 4.90 Å². The number of benzene rings is 1. The van der Waals surface area contributed by atoms with E-state index >= 15 is 0 Å². The van der Waals surface area contributed by atoms with Crippen molar-refractivity contribution in [3.63, 3.8) is 0 Å². The van der Waals surface area contributed by atoms with Crippen molar-refractivity contribution in [1.29, 1.82) is 0 Å². The van der Waals surface area contributed by atoms with Crippen LogP contribution in [0.3, 0.4) is 0 Å². The molecule has 8 heteroatoms. The second kappa shape index (κ2) is 9.67. The van der Waals surface area contributed by atoms with Crippen molar-refractivity contribution in [2.75, 3.05) is 44.4 Å². The van der Waals surface area contributed by atoms with E-state index in [1.54, 1.807) is 0 Å². The Bertz CT molecular complexity index is 755. The average molecular weight is 441 g/mol. The van der Waals surface area contributed by atoms with Gasteiger partial charge in [-0.25, -0.2) is 0 Å². The zero-order valence-electron chi connectivity index (χ0n) is 17.8. The van der Waals surface area contributed by atoms with Gasteiger partial charge in [0.05, 0.1) is 5.69 Å². The Morgan fingerprint density at radius 3 is 2.42 bits per heavy atom. The number of para-hydroxylation sites is 1. The number of hydrogen-bond acceptors (Lipinski definition) is 5. The molecule has 0 unspecified atom stereocenters. The zero-order chi connectivity index (χ0) is 21.8. The topological polar surface area (TPSA) is 42.0 Å². The monoisotopic (exact) mass is 440 g/mol. The van der Waals surface area contributed by atoms with Gasteiger partial charge in [-0.3, -0.25) is 9.69 Å². The first kappa shape index (κ1) is 22.2. The van der Waals surface area contributed by atoms with Crippen molar-refractivity contribution < 1.29 is 27.4 Å². The first-order chi connectivity index (χ1) is 14.9. The quantitative estimate of drug-likeness (QED) is 0.618. The third-order valence-corrected chi connectivity index (χ3v) is 6.82. The van der Waals surface area contributed by atoms with E-state index in [0.29, 0.717) is 5.92 Å². The predicted molar refractivity (Wildman–Crippen MR) is 112 cm³/mol. The molecular weight excluding hydrogens is 409 g/mol. The molecule has 0 bridgehead atoms. The number of alkyl halides is 3. The first-order valence-electron chi connectivity index (χ1n) is 11.3. The molecule has 0 radical (unpaired) electrons. The zero-order valence-corrected chi connectivity index (χ0v) is 17.8. The van der Waals surface area contributed by atoms with Crippen LogP contribution in [0.25, 0.3) is 0 Å². The molecule has 4 rings (SSSR count). The number of carbonyl (C=O) groups excluding carboxylic acids is 1. The third kappa shape index (κ3) is 6.05. The Morgan fingerprint density at radius 1 is 1.00 bits per heavy atom. The number of ketones is 1. The molecule has 1 saturated carbocycles. The number of ether oxygens (including phenoxy) is 2. The largest absolute Gasteiger partial charge is 0.454 e. The predicted octanol–water partition coefficient (Wildman–Crippen LogP) is 4.65. The van der Waals surface area contributed by atoms with Crippen LogP contribution in [-0.2, 0) is 4.79 Å². The second-order valence-corrected chi connectivity index (χ2v) is 9.05. The van der Waals surface area contributed by atoms with Gasteiger partial charge in [0.25, 0.3) is 0 Å². The minimum atomic E-state index is -4.38. The molecule has 0 N–H and O–H groups in total. The van der Waals surface area contributed by atoms with Crippen LogP contribution in [0.15, 0.2) is 18.2 Å². The Kier molecular flexibility index (Phi) is 6.94. The van der Waals surface area contributed by atoms with Crippen LogP contribution >= 0.6 is 0 Å². The van der Waals surface area contributed by atoms with E-state index in [4.69, 9.17) is 9.47 Å². The van der Waals surface area contributed by atoms with Crippen LogP contribution in [0.4, 0.5) is 18.9 Å². The van der Waals surface area contributed by atoms with Gasteiger partial charge in [0, 0.05) is 32.6 Å². The molecule has 5 nitrogen and oxygen atoms in total. The van der Waals surface area contributed by atoms with Gasteiger partial charge in [0.15, 0.2) is 11.5 Å². The molecular formula is C23H31F3N2O3. The number of carbonyl (C=O) groups is 1. The second-order valence-electron chi connectivity index (χ2n) is 9.05. The molecule has 2 aliphatic heterocycles. The van der Waals surface area contributed by atoms with E-state index < -0.39 is 18.4 Å². The summed E-state index contributed by atoms with van der Waals surface area (Å²) in [7, 11) is 0. The highest BCUT2D eigenvalue weighted by Crippen LogP contribution is 2.41. The van der Waals surface area contributed by atoms with E-state index in [9.17, 15) is 18.0 Å². The Labute approximate surface area is 181 Å². The number of rotatable bonds is 7. The van der Waals surface area contributed by atoms with E-state index in [1.807, 2.05) is 12.1 Å². The maximum Gasteiger partial charge on any atom is 0.395 e. The van der Waals surface area contributed by atoms with Gasteiger partial charge in [-0.2, -0.15) is 13.2 Å². The lowest BCUT2D eigenvalue weighted by atomic mass is 9.78. The highest BCUT2D eigenvalue weighted by Gasteiger charge is 2.33. The number of fused-ring (bicyclic) bond motifs is 1. The Balaban J connectivity index is 1.15. The van der Waals surface area contributed by atoms with Crippen molar-refractivity contribution in [3.8, 4) is 11.5 Å². The molecule has 3 aliphatic rings. The molecule has 1 saturated heterocycles. The fourth-order valence-electron chi connectivity index (χ4n) is 5.08. The van der Waals surface area contributed by atoms with Crippen LogP contribution in [0.1, 0.15) is 44.9 Å². The van der Waals surface area contributed by atoms with E-state index in [2.05, 4.69) is 15.9 Å². The number of anilines is 1. The summed E-state index contributed by atoms with van der Waals surface area (Å²) in [5, 5.41) is 0. The third-order valence-electron chi connectivity index (χ3n) is 6.82. The average Bonchev–Trinajstić information content (AvgIpc) is 3.21. The lowest BCUT2D eigenvalue weighted by Gasteiger charge is -2.37. The fraction of sp³-hybridized carbons (Fsp3) is 0.696. The number of nitrogens with zero attached hydrogens (tertiary/aromatic N) is 2. The van der Waals surface area contributed by atoms with Crippen LogP contribution in [-0.4, -0.2) is 56.4 Å². The molecule has 0 atom stereocenters. The summed E-state index contributed by atoms with van der Waals surface area (Å²) in [6, 6.07) is 6.02. The molecule has 31 heavy (non-hydrogen) atoms. The lowest BCUT2D eigenvalue weighted by Crippen LogP contribution is -2.47. The summed E-state index contributed by atoms with van der Waals surface area (Å²) in [4.78, 5) is 16.4. The lowest BCUT2D eigenvalue weighted by molar-refractivity contribution is -0.153. The van der Waals surface area contributed by atoms with Gasteiger partial charge < -0.3 is 14.4 Å². The number of piperazine rings is 1. The maximum absolute atomic E-state index is 12.3. The standard InChI is InChI=1S/C23H31F3N2O3/c24-23(25,26)15-19(29)14-18-6-4-17(5-7-18)8-9-27-10-12-28(13-11-27)20-2-1-3-21-22(20)31-16-30-21/h1-3,17-18H,4-16H2. The van der Waals surface area contributed by atoms with E-state index in [-0.39, 0.29) is 19.1 Å². The maximum atomic E-state index is 12.3. The molecule has 2 heterocycles. The van der Waals surface area contributed by atoms with E-state index in [1.165, 1.54) is 0 Å². The summed E-state index contributed by atoms with van der Waals surface area (Å²) in [5.41, 5.74) is 1.10. The number of Topliss-reactive ketones (excluding diaryl/α,β-unsaturated/α-hetero) is 1. The van der Waals surface area contributed by atoms with Crippen LogP contribution < -0.4 is 14.4 Å². The van der Waals surface area contributed by atoms with Crippen LogP contribution in [0.5, 0.6) is 11.5 Å². The summed E-state index contributed by atoms with van der Waals surface area (Å²) in [5.74, 6) is 1.76. The molecule has 172 valence electrons. The minimum Gasteiger partial charge on any atom is -0.454 e. The summed E-state index contributed by atoms with van der Waals surface area (Å²) < 4.78 is 48.1.